The number of nitrogen functional groups attached to an aromatic ring is 1. The summed E-state index contributed by atoms with van der Waals surface area (Å²) in [6.07, 6.45) is 0.696. The van der Waals surface area contributed by atoms with Gasteiger partial charge in [0, 0.05) is 28.7 Å². The smallest absolute Gasteiger partial charge is 0.326 e. The number of carboxylic acid groups (broad SMARTS) is 1. The lowest BCUT2D eigenvalue weighted by molar-refractivity contribution is -0.143. The van der Waals surface area contributed by atoms with Crippen molar-refractivity contribution in [2.45, 2.75) is 42.7 Å². The zero-order chi connectivity index (χ0) is 23.7. The van der Waals surface area contributed by atoms with Crippen molar-refractivity contribution < 1.29 is 23.1 Å². The van der Waals surface area contributed by atoms with Crippen molar-refractivity contribution in [1.82, 2.24) is 9.62 Å². The molecule has 3 rings (SSSR count). The van der Waals surface area contributed by atoms with Crippen LogP contribution in [0.2, 0.25) is 10.0 Å². The fourth-order valence-corrected chi connectivity index (χ4v) is 6.29. The van der Waals surface area contributed by atoms with E-state index in [2.05, 4.69) is 5.32 Å². The molecule has 0 spiro atoms. The van der Waals surface area contributed by atoms with Gasteiger partial charge < -0.3 is 16.2 Å². The van der Waals surface area contributed by atoms with Crippen LogP contribution in [0.25, 0.3) is 0 Å². The van der Waals surface area contributed by atoms with Crippen LogP contribution in [0.5, 0.6) is 0 Å². The van der Waals surface area contributed by atoms with Crippen LogP contribution in [0, 0.1) is 0 Å². The Balaban J connectivity index is 1.86. The van der Waals surface area contributed by atoms with Crippen LogP contribution in [0.15, 0.2) is 47.4 Å². The summed E-state index contributed by atoms with van der Waals surface area (Å²) in [5, 5.41) is 12.4. The molecule has 0 aromatic heterocycles. The van der Waals surface area contributed by atoms with Gasteiger partial charge in [-0.15, -0.1) is 0 Å². The molecule has 2 aromatic rings. The molecule has 0 bridgehead atoms. The first-order valence-corrected chi connectivity index (χ1v) is 12.0. The number of nitrogens with zero attached hydrogens (tertiary/aromatic N) is 1. The van der Waals surface area contributed by atoms with E-state index in [9.17, 15) is 23.1 Å². The van der Waals surface area contributed by atoms with Crippen LogP contribution in [0.4, 0.5) is 5.69 Å². The van der Waals surface area contributed by atoms with Crippen molar-refractivity contribution in [2.24, 2.45) is 0 Å². The number of sulfonamides is 1. The third kappa shape index (κ3) is 5.01. The molecule has 1 heterocycles. The second-order valence-electron chi connectivity index (χ2n) is 7.87. The number of carboxylic acids is 1. The first-order chi connectivity index (χ1) is 14.9. The molecule has 1 fully saturated rings. The molecule has 32 heavy (non-hydrogen) atoms. The highest BCUT2D eigenvalue weighted by molar-refractivity contribution is 7.89. The summed E-state index contributed by atoms with van der Waals surface area (Å²) < 4.78 is 27.7. The highest BCUT2D eigenvalue weighted by Gasteiger charge is 2.50. The summed E-state index contributed by atoms with van der Waals surface area (Å²) in [6.45, 7) is 1.59. The molecule has 1 aliphatic heterocycles. The Morgan fingerprint density at radius 3 is 2.34 bits per heavy atom. The van der Waals surface area contributed by atoms with Crippen LogP contribution < -0.4 is 11.1 Å². The number of amides is 1. The summed E-state index contributed by atoms with van der Waals surface area (Å²) in [4.78, 5) is 24.9. The van der Waals surface area contributed by atoms with E-state index in [1.807, 2.05) is 0 Å². The van der Waals surface area contributed by atoms with E-state index in [0.29, 0.717) is 17.7 Å². The Hall–Kier alpha value is -2.33. The average molecular weight is 500 g/mol. The minimum atomic E-state index is -4.11. The predicted octanol–water partition coefficient (Wildman–Crippen LogP) is 2.93. The lowest BCUT2D eigenvalue weighted by Crippen LogP contribution is -2.58. The Kier molecular flexibility index (Phi) is 7.04. The second-order valence-corrected chi connectivity index (χ2v) is 10.6. The summed E-state index contributed by atoms with van der Waals surface area (Å²) in [7, 11) is -4.11. The predicted molar refractivity (Wildman–Crippen MR) is 122 cm³/mol. The minimum absolute atomic E-state index is 0.0219. The third-order valence-electron chi connectivity index (χ3n) is 5.51. The van der Waals surface area contributed by atoms with Crippen LogP contribution >= 0.6 is 23.2 Å². The van der Waals surface area contributed by atoms with Gasteiger partial charge in [-0.1, -0.05) is 35.3 Å². The number of nitrogens with two attached hydrogens (primary N) is 1. The van der Waals surface area contributed by atoms with Gasteiger partial charge in [0.1, 0.15) is 11.6 Å². The molecule has 0 aliphatic carbocycles. The molecular formula is C21H23Cl2N3O5S. The quantitative estimate of drug-likeness (QED) is 0.502. The van der Waals surface area contributed by atoms with Gasteiger partial charge in [0.05, 0.1) is 4.90 Å². The number of aliphatic carboxylic acids is 1. The Morgan fingerprint density at radius 2 is 1.78 bits per heavy atom. The number of hydrogen-bond donors (Lipinski definition) is 3. The van der Waals surface area contributed by atoms with Crippen LogP contribution in [0.1, 0.15) is 25.3 Å². The minimum Gasteiger partial charge on any atom is -0.480 e. The Morgan fingerprint density at radius 1 is 1.19 bits per heavy atom. The number of carbonyl (C=O) groups is 2. The van der Waals surface area contributed by atoms with E-state index in [-0.39, 0.29) is 34.3 Å². The zero-order valence-corrected chi connectivity index (χ0v) is 19.5. The van der Waals surface area contributed by atoms with Crippen LogP contribution in [-0.4, -0.2) is 47.8 Å². The molecule has 1 saturated heterocycles. The van der Waals surface area contributed by atoms with Crippen molar-refractivity contribution in [1.29, 1.82) is 0 Å². The van der Waals surface area contributed by atoms with Gasteiger partial charge in [-0.2, -0.15) is 4.31 Å². The van der Waals surface area contributed by atoms with E-state index in [0.717, 1.165) is 4.31 Å². The van der Waals surface area contributed by atoms with Gasteiger partial charge in [0.2, 0.25) is 15.9 Å². The van der Waals surface area contributed by atoms with Crippen molar-refractivity contribution in [3.63, 3.8) is 0 Å². The highest BCUT2D eigenvalue weighted by Crippen LogP contribution is 2.36. The van der Waals surface area contributed by atoms with Crippen LogP contribution in [-0.2, 0) is 26.0 Å². The number of hydrogen-bond acceptors (Lipinski definition) is 5. The third-order valence-corrected chi connectivity index (χ3v) is 7.95. The van der Waals surface area contributed by atoms with E-state index >= 15 is 0 Å². The van der Waals surface area contributed by atoms with Gasteiger partial charge in [-0.25, -0.2) is 13.2 Å². The normalized spacial score (nSPS) is 20.1. The lowest BCUT2D eigenvalue weighted by atomic mass is 9.97. The SMILES string of the molecule is C[C@@]1(C(=O)N[C@@H](Cc2ccc(N)cc2)C(=O)O)CCCN1S(=O)(=O)c1cc(Cl)cc(Cl)c1. The van der Waals surface area contributed by atoms with Gasteiger partial charge in [-0.05, 0) is 55.7 Å². The summed E-state index contributed by atoms with van der Waals surface area (Å²) in [6, 6.07) is 9.32. The van der Waals surface area contributed by atoms with E-state index in [4.69, 9.17) is 28.9 Å². The molecular weight excluding hydrogens is 477 g/mol. The summed E-state index contributed by atoms with van der Waals surface area (Å²) in [5.74, 6) is -1.91. The van der Waals surface area contributed by atoms with Crippen molar-refractivity contribution in [2.75, 3.05) is 12.3 Å². The maximum atomic E-state index is 13.3. The van der Waals surface area contributed by atoms with Crippen molar-refractivity contribution in [3.8, 4) is 0 Å². The fraction of sp³-hybridized carbons (Fsp3) is 0.333. The van der Waals surface area contributed by atoms with Gasteiger partial charge >= 0.3 is 5.97 Å². The van der Waals surface area contributed by atoms with E-state index in [1.54, 1.807) is 24.3 Å². The lowest BCUT2D eigenvalue weighted by Gasteiger charge is -2.34. The molecule has 1 amide bonds. The van der Waals surface area contributed by atoms with E-state index in [1.165, 1.54) is 25.1 Å². The molecule has 172 valence electrons. The largest absolute Gasteiger partial charge is 0.480 e. The highest BCUT2D eigenvalue weighted by atomic mass is 35.5. The summed E-state index contributed by atoms with van der Waals surface area (Å²) >= 11 is 11.9. The number of anilines is 1. The zero-order valence-electron chi connectivity index (χ0n) is 17.2. The molecule has 0 radical (unpaired) electrons. The standard InChI is InChI=1S/C21H23Cl2N3O5S/c1-21(20(29)25-18(19(27)28)9-13-3-5-16(24)6-4-13)7-2-8-26(21)32(30,31)17-11-14(22)10-15(23)12-17/h3-6,10-12,18H,2,7-9,24H2,1H3,(H,25,29)(H,27,28)/t18-,21-/m0/s1. The van der Waals surface area contributed by atoms with Gasteiger partial charge in [0.15, 0.2) is 0 Å². The molecule has 2 aromatic carbocycles. The Bertz CT molecular complexity index is 1120. The van der Waals surface area contributed by atoms with Gasteiger partial charge in [-0.3, -0.25) is 4.79 Å². The number of rotatable bonds is 7. The molecule has 11 heteroatoms. The van der Waals surface area contributed by atoms with Crippen LogP contribution in [0.3, 0.4) is 0 Å². The molecule has 0 saturated carbocycles. The first-order valence-electron chi connectivity index (χ1n) is 9.80. The molecule has 2 atom stereocenters. The maximum absolute atomic E-state index is 13.3. The monoisotopic (exact) mass is 499 g/mol. The number of nitrogens with one attached hydrogen (secondary N) is 1. The first kappa shape index (κ1) is 24.3. The number of carbonyl (C=O) groups excluding carboxylic acids is 1. The van der Waals surface area contributed by atoms with Crippen molar-refractivity contribution >= 4 is 50.8 Å². The second kappa shape index (κ2) is 9.27. The number of halogens is 2. The topological polar surface area (TPSA) is 130 Å². The Labute approximate surface area is 196 Å². The molecule has 0 unspecified atom stereocenters. The van der Waals surface area contributed by atoms with Gasteiger partial charge in [0.25, 0.3) is 0 Å². The molecule has 4 N–H and O–H groups in total. The molecule has 8 nitrogen and oxygen atoms in total. The average Bonchev–Trinajstić information content (AvgIpc) is 3.12. The summed E-state index contributed by atoms with van der Waals surface area (Å²) in [5.41, 5.74) is 5.39. The number of benzene rings is 2. The maximum Gasteiger partial charge on any atom is 0.326 e. The van der Waals surface area contributed by atoms with Crippen molar-refractivity contribution in [3.05, 3.63) is 58.1 Å². The van der Waals surface area contributed by atoms with E-state index < -0.39 is 33.5 Å². The molecule has 1 aliphatic rings. The fourth-order valence-electron chi connectivity index (χ4n) is 3.76.